The van der Waals surface area contributed by atoms with Gasteiger partial charge in [-0.15, -0.1) is 0 Å². The Morgan fingerprint density at radius 3 is 2.57 bits per heavy atom. The number of piperazine rings is 1. The van der Waals surface area contributed by atoms with Gasteiger partial charge >= 0.3 is 5.69 Å². The van der Waals surface area contributed by atoms with E-state index in [0.29, 0.717) is 36.5 Å². The molecule has 0 unspecified atom stereocenters. The Kier molecular flexibility index (Phi) is 8.94. The fraction of sp³-hybridized carbons (Fsp3) is 0.344. The molecule has 0 saturated carbocycles. The van der Waals surface area contributed by atoms with Crippen LogP contribution in [0, 0.1) is 24.5 Å². The predicted molar refractivity (Wildman–Crippen MR) is 174 cm³/mol. The number of carbonyl (C=O) groups is 1. The Bertz CT molecular complexity index is 2030. The molecule has 46 heavy (non-hydrogen) atoms. The molecule has 11 nitrogen and oxygen atoms in total. The largest absolute Gasteiger partial charge is 0.355 e. The number of fused-ring (bicyclic) bond motifs is 1. The molecule has 4 aromatic rings. The van der Waals surface area contributed by atoms with Crippen molar-refractivity contribution in [3.8, 4) is 16.9 Å². The Hall–Kier alpha value is -4.72. The second-order valence-corrected chi connectivity index (χ2v) is 13.6. The van der Waals surface area contributed by atoms with E-state index in [0.717, 1.165) is 18.4 Å². The van der Waals surface area contributed by atoms with Crippen molar-refractivity contribution in [3.63, 3.8) is 0 Å². The third-order valence-electron chi connectivity index (χ3n) is 7.76. The lowest BCUT2D eigenvalue weighted by Gasteiger charge is -2.40. The number of amides is 1. The number of carbonyl (C=O) groups excluding carboxylic acids is 1. The van der Waals surface area contributed by atoms with Crippen molar-refractivity contribution >= 4 is 38.5 Å². The van der Waals surface area contributed by atoms with E-state index in [-0.39, 0.29) is 47.0 Å². The average Bonchev–Trinajstić information content (AvgIpc) is 2.96. The van der Waals surface area contributed by atoms with Gasteiger partial charge in [0.1, 0.15) is 17.3 Å². The highest BCUT2D eigenvalue weighted by Gasteiger charge is 2.31. The minimum absolute atomic E-state index is 0.0159. The van der Waals surface area contributed by atoms with E-state index in [2.05, 4.69) is 26.3 Å². The quantitative estimate of drug-likeness (QED) is 0.281. The maximum absolute atomic E-state index is 16.2. The molecule has 1 aromatic carbocycles. The lowest BCUT2D eigenvalue weighted by Crippen LogP contribution is -2.54. The number of nitrogens with zero attached hydrogens (tertiary/aromatic N) is 6. The molecule has 1 aliphatic rings. The van der Waals surface area contributed by atoms with Crippen molar-refractivity contribution in [2.24, 2.45) is 5.92 Å². The Morgan fingerprint density at radius 2 is 1.91 bits per heavy atom. The molecule has 0 bridgehead atoms. The predicted octanol–water partition coefficient (Wildman–Crippen LogP) is 4.22. The van der Waals surface area contributed by atoms with Crippen LogP contribution in [0.4, 0.5) is 20.3 Å². The first kappa shape index (κ1) is 32.7. The minimum atomic E-state index is -3.88. The molecule has 1 aliphatic heterocycles. The minimum Gasteiger partial charge on any atom is -0.350 e. The molecule has 1 fully saturated rings. The average molecular weight is 652 g/mol. The van der Waals surface area contributed by atoms with E-state index in [1.165, 1.54) is 22.8 Å². The normalized spacial score (nSPS) is 15.4. The first-order chi connectivity index (χ1) is 21.7. The van der Waals surface area contributed by atoms with Crippen LogP contribution in [-0.4, -0.2) is 70.7 Å². The topological polar surface area (TPSA) is 130 Å². The fourth-order valence-corrected chi connectivity index (χ4v) is 6.37. The molecule has 4 heterocycles. The van der Waals surface area contributed by atoms with Gasteiger partial charge in [0.05, 0.1) is 34.3 Å². The van der Waals surface area contributed by atoms with E-state index in [4.69, 9.17) is 0 Å². The summed E-state index contributed by atoms with van der Waals surface area (Å²) >= 11 is 0. The van der Waals surface area contributed by atoms with Gasteiger partial charge in [-0.2, -0.15) is 4.98 Å². The molecule has 1 saturated heterocycles. The van der Waals surface area contributed by atoms with Crippen molar-refractivity contribution in [3.05, 3.63) is 82.6 Å². The first-order valence-electron chi connectivity index (χ1n) is 14.7. The number of hydrogen-bond donors (Lipinski definition) is 1. The van der Waals surface area contributed by atoms with Crippen LogP contribution in [0.25, 0.3) is 28.0 Å². The lowest BCUT2D eigenvalue weighted by molar-refractivity contribution is -0.126. The molecular formula is C32H35F2N7O4S. The SMILES string of the molecule is C=CC(=O)N1CCN(c2nc(=O)n(-c3c(C)ccnc3CC(C)C)c3nc(-c4c(F)cccc4NS(C)(=O)=O)c(F)cc23)[C@@H](C)C1. The number of sulfonamides is 1. The van der Waals surface area contributed by atoms with Gasteiger partial charge < -0.3 is 9.80 Å². The number of anilines is 2. The number of halogens is 2. The molecule has 1 amide bonds. The summed E-state index contributed by atoms with van der Waals surface area (Å²) in [4.78, 5) is 43.4. The van der Waals surface area contributed by atoms with Gasteiger partial charge in [0, 0.05) is 31.9 Å². The zero-order valence-corrected chi connectivity index (χ0v) is 27.0. The summed E-state index contributed by atoms with van der Waals surface area (Å²) in [5.41, 5.74) is -0.156. The van der Waals surface area contributed by atoms with E-state index in [9.17, 15) is 18.0 Å². The number of rotatable bonds is 8. The van der Waals surface area contributed by atoms with Crippen molar-refractivity contribution in [1.82, 2.24) is 24.4 Å². The summed E-state index contributed by atoms with van der Waals surface area (Å²) in [5.74, 6) is -1.78. The molecule has 5 rings (SSSR count). The van der Waals surface area contributed by atoms with Crippen LogP contribution in [0.2, 0.25) is 0 Å². The lowest BCUT2D eigenvalue weighted by atomic mass is 10.0. The molecule has 242 valence electrons. The van der Waals surface area contributed by atoms with Crippen LogP contribution in [-0.2, 0) is 21.2 Å². The second-order valence-electron chi connectivity index (χ2n) is 11.8. The Morgan fingerprint density at radius 1 is 1.17 bits per heavy atom. The van der Waals surface area contributed by atoms with Gasteiger partial charge in [-0.1, -0.05) is 26.5 Å². The summed E-state index contributed by atoms with van der Waals surface area (Å²) < 4.78 is 59.4. The number of nitrogens with one attached hydrogen (secondary N) is 1. The summed E-state index contributed by atoms with van der Waals surface area (Å²) in [5, 5.41) is 0.170. The van der Waals surface area contributed by atoms with Crippen molar-refractivity contribution < 1.29 is 22.0 Å². The third-order valence-corrected chi connectivity index (χ3v) is 8.35. The van der Waals surface area contributed by atoms with Gasteiger partial charge in [-0.25, -0.2) is 31.5 Å². The molecule has 0 radical (unpaired) electrons. The van der Waals surface area contributed by atoms with E-state index in [1.54, 1.807) is 24.1 Å². The summed E-state index contributed by atoms with van der Waals surface area (Å²) in [6.45, 7) is 12.1. The molecule has 0 aliphatic carbocycles. The number of aryl methyl sites for hydroxylation is 1. The highest BCUT2D eigenvalue weighted by atomic mass is 32.2. The number of aromatic nitrogens is 4. The first-order valence-corrected chi connectivity index (χ1v) is 16.6. The van der Waals surface area contributed by atoms with Crippen molar-refractivity contribution in [2.45, 2.75) is 40.2 Å². The second kappa shape index (κ2) is 12.6. The van der Waals surface area contributed by atoms with Gasteiger partial charge in [-0.3, -0.25) is 14.5 Å². The third kappa shape index (κ3) is 6.34. The van der Waals surface area contributed by atoms with Crippen LogP contribution < -0.4 is 15.3 Å². The standard InChI is InChI=1S/C32H35F2N7O4S/c1-7-26(42)39-13-14-40(20(5)17-39)30-21-16-23(34)28(27-22(33)9-8-10-24(27)38-46(6,44)45)36-31(21)41(32(43)37-30)29-19(4)11-12-35-25(29)15-18(2)3/h7-12,16,18,20,38H,1,13-15,17H2,2-6H3/t20-/m0/s1. The highest BCUT2D eigenvalue weighted by molar-refractivity contribution is 7.92. The van der Waals surface area contributed by atoms with Crippen LogP contribution in [0.3, 0.4) is 0 Å². The summed E-state index contributed by atoms with van der Waals surface area (Å²) in [6, 6.07) is 6.20. The van der Waals surface area contributed by atoms with Gasteiger partial charge in [0.15, 0.2) is 11.5 Å². The zero-order chi connectivity index (χ0) is 33.5. The molecular weight excluding hydrogens is 616 g/mol. The van der Waals surface area contributed by atoms with Crippen LogP contribution in [0.1, 0.15) is 32.0 Å². The smallest absolute Gasteiger partial charge is 0.350 e. The maximum Gasteiger partial charge on any atom is 0.355 e. The van der Waals surface area contributed by atoms with Crippen molar-refractivity contribution in [2.75, 3.05) is 35.5 Å². The molecule has 0 spiro atoms. The monoisotopic (exact) mass is 651 g/mol. The van der Waals surface area contributed by atoms with Crippen LogP contribution >= 0.6 is 0 Å². The molecule has 1 N–H and O–H groups in total. The Labute approximate surface area is 265 Å². The van der Waals surface area contributed by atoms with Gasteiger partial charge in [-0.05, 0) is 62.1 Å². The maximum atomic E-state index is 16.2. The highest BCUT2D eigenvalue weighted by Crippen LogP contribution is 2.36. The van der Waals surface area contributed by atoms with E-state index >= 15 is 8.78 Å². The summed E-state index contributed by atoms with van der Waals surface area (Å²) in [6.07, 6.45) is 4.27. The van der Waals surface area contributed by atoms with Crippen LogP contribution in [0.15, 0.2) is 54.0 Å². The number of pyridine rings is 2. The molecule has 1 atom stereocenters. The van der Waals surface area contributed by atoms with E-state index < -0.39 is 38.6 Å². The molecule has 3 aromatic heterocycles. The number of hydrogen-bond acceptors (Lipinski definition) is 8. The number of benzene rings is 1. The fourth-order valence-electron chi connectivity index (χ4n) is 5.80. The van der Waals surface area contributed by atoms with Crippen LogP contribution in [0.5, 0.6) is 0 Å². The molecule has 14 heteroatoms. The van der Waals surface area contributed by atoms with Gasteiger partial charge in [0.25, 0.3) is 0 Å². The van der Waals surface area contributed by atoms with Gasteiger partial charge in [0.2, 0.25) is 15.9 Å². The van der Waals surface area contributed by atoms with E-state index in [1.807, 2.05) is 25.7 Å². The summed E-state index contributed by atoms with van der Waals surface area (Å²) in [7, 11) is -3.88. The van der Waals surface area contributed by atoms with Crippen molar-refractivity contribution in [1.29, 1.82) is 0 Å². The zero-order valence-electron chi connectivity index (χ0n) is 26.2. The Balaban J connectivity index is 1.84.